The first kappa shape index (κ1) is 22.5. The van der Waals surface area contributed by atoms with E-state index in [2.05, 4.69) is 10.3 Å². The van der Waals surface area contributed by atoms with Gasteiger partial charge in [-0.25, -0.2) is 8.96 Å². The Balaban J connectivity index is 1.39. The summed E-state index contributed by atoms with van der Waals surface area (Å²) in [7, 11) is 0. The lowest BCUT2D eigenvalue weighted by Gasteiger charge is -2.32. The third-order valence-corrected chi connectivity index (χ3v) is 6.86. The zero-order valence-corrected chi connectivity index (χ0v) is 19.4. The van der Waals surface area contributed by atoms with Gasteiger partial charge >= 0.3 is 0 Å². The molecule has 1 saturated heterocycles. The van der Waals surface area contributed by atoms with Crippen molar-refractivity contribution in [1.29, 1.82) is 0 Å². The maximum absolute atomic E-state index is 14.3. The van der Waals surface area contributed by atoms with Crippen molar-refractivity contribution in [3.8, 4) is 5.69 Å². The first-order valence-electron chi connectivity index (χ1n) is 11.5. The Hall–Kier alpha value is -3.33. The highest BCUT2D eigenvalue weighted by atomic mass is 32.1. The van der Waals surface area contributed by atoms with Gasteiger partial charge in [0.2, 0.25) is 5.91 Å². The highest BCUT2D eigenvalue weighted by Gasteiger charge is 2.30. The number of aromatic amines is 1. The predicted molar refractivity (Wildman–Crippen MR) is 129 cm³/mol. The van der Waals surface area contributed by atoms with Crippen molar-refractivity contribution in [3.63, 3.8) is 0 Å². The number of aromatic nitrogens is 2. The predicted octanol–water partition coefficient (Wildman–Crippen LogP) is 3.57. The summed E-state index contributed by atoms with van der Waals surface area (Å²) in [5, 5.41) is 3.31. The van der Waals surface area contributed by atoms with Crippen molar-refractivity contribution >= 4 is 34.9 Å². The number of likely N-dealkylation sites (tertiary alicyclic amines) is 1. The number of rotatable bonds is 5. The zero-order chi connectivity index (χ0) is 23.8. The lowest BCUT2D eigenvalue weighted by atomic mass is 9.96. The average Bonchev–Trinajstić information content (AvgIpc) is 3.67. The fourth-order valence-electron chi connectivity index (χ4n) is 4.47. The molecule has 2 fully saturated rings. The molecule has 2 aliphatic rings. The summed E-state index contributed by atoms with van der Waals surface area (Å²) in [6.07, 6.45) is 3.87. The molecule has 1 aromatic heterocycles. The summed E-state index contributed by atoms with van der Waals surface area (Å²) in [6.45, 7) is 1.67. The highest BCUT2D eigenvalue weighted by Crippen LogP contribution is 2.28. The SMILES string of the molecule is O=C(NCC1CC1)C1CCCN(C(=O)c2ccc3c(=O)n(-c4ccccc4F)c(=S)[nH]c3c2)C1. The Morgan fingerprint density at radius 3 is 2.71 bits per heavy atom. The van der Waals surface area contributed by atoms with E-state index in [9.17, 15) is 18.8 Å². The lowest BCUT2D eigenvalue weighted by Crippen LogP contribution is -2.45. The van der Waals surface area contributed by atoms with Gasteiger partial charge in [-0.3, -0.25) is 14.4 Å². The molecule has 1 unspecified atom stereocenters. The Morgan fingerprint density at radius 2 is 1.94 bits per heavy atom. The van der Waals surface area contributed by atoms with E-state index in [1.807, 2.05) is 0 Å². The molecule has 5 rings (SSSR count). The van der Waals surface area contributed by atoms with Crippen LogP contribution in [-0.4, -0.2) is 45.9 Å². The molecule has 1 aliphatic heterocycles. The highest BCUT2D eigenvalue weighted by molar-refractivity contribution is 7.71. The van der Waals surface area contributed by atoms with Crippen LogP contribution < -0.4 is 10.9 Å². The topological polar surface area (TPSA) is 87.2 Å². The minimum absolute atomic E-state index is 0.0145. The second kappa shape index (κ2) is 9.13. The molecule has 0 bridgehead atoms. The van der Waals surface area contributed by atoms with Crippen LogP contribution in [0.1, 0.15) is 36.0 Å². The largest absolute Gasteiger partial charge is 0.356 e. The van der Waals surface area contributed by atoms with E-state index in [0.717, 1.165) is 24.0 Å². The zero-order valence-electron chi connectivity index (χ0n) is 18.6. The molecular formula is C25H25FN4O3S. The summed E-state index contributed by atoms with van der Waals surface area (Å²) in [5.41, 5.74) is 0.410. The molecular weight excluding hydrogens is 455 g/mol. The van der Waals surface area contributed by atoms with Crippen LogP contribution in [0, 0.1) is 22.4 Å². The summed E-state index contributed by atoms with van der Waals surface area (Å²) in [4.78, 5) is 43.5. The number of nitrogens with zero attached hydrogens (tertiary/aromatic N) is 2. The molecule has 2 heterocycles. The Kier molecular flexibility index (Phi) is 6.03. The molecule has 2 amide bonds. The molecule has 3 aromatic rings. The number of para-hydroxylation sites is 1. The number of halogens is 1. The van der Waals surface area contributed by atoms with E-state index < -0.39 is 11.4 Å². The number of benzene rings is 2. The van der Waals surface area contributed by atoms with Crippen molar-refractivity contribution < 1.29 is 14.0 Å². The standard InChI is InChI=1S/C25H25FN4O3S/c26-19-5-1-2-6-21(19)30-24(33)18-10-9-16(12-20(18)28-25(30)34)23(32)29-11-3-4-17(14-29)22(31)27-13-15-7-8-15/h1-2,5-6,9-10,12,15,17H,3-4,7-8,11,13-14H2,(H,27,31)(H,28,34). The van der Waals surface area contributed by atoms with Gasteiger partial charge in [-0.2, -0.15) is 0 Å². The number of carbonyl (C=O) groups excluding carboxylic acids is 2. The fraction of sp³-hybridized carbons (Fsp3) is 0.360. The van der Waals surface area contributed by atoms with Crippen LogP contribution in [0.5, 0.6) is 0 Å². The van der Waals surface area contributed by atoms with E-state index >= 15 is 0 Å². The third kappa shape index (κ3) is 4.40. The van der Waals surface area contributed by atoms with E-state index in [1.54, 1.807) is 29.2 Å². The van der Waals surface area contributed by atoms with Gasteiger partial charge in [0.15, 0.2) is 4.77 Å². The van der Waals surface area contributed by atoms with Gasteiger partial charge in [-0.1, -0.05) is 12.1 Å². The van der Waals surface area contributed by atoms with Gasteiger partial charge < -0.3 is 15.2 Å². The van der Waals surface area contributed by atoms with E-state index in [4.69, 9.17) is 12.2 Å². The minimum Gasteiger partial charge on any atom is -0.356 e. The number of carbonyl (C=O) groups is 2. The molecule has 176 valence electrons. The van der Waals surface area contributed by atoms with Gasteiger partial charge in [-0.05, 0) is 74.2 Å². The van der Waals surface area contributed by atoms with Gasteiger partial charge in [-0.15, -0.1) is 0 Å². The van der Waals surface area contributed by atoms with Crippen LogP contribution >= 0.6 is 12.2 Å². The second-order valence-electron chi connectivity index (χ2n) is 9.06. The molecule has 2 N–H and O–H groups in total. The van der Waals surface area contributed by atoms with Crippen LogP contribution in [0.3, 0.4) is 0 Å². The van der Waals surface area contributed by atoms with Gasteiger partial charge in [0.25, 0.3) is 11.5 Å². The van der Waals surface area contributed by atoms with Crippen molar-refractivity contribution in [1.82, 2.24) is 19.8 Å². The van der Waals surface area contributed by atoms with Gasteiger partial charge in [0.1, 0.15) is 5.82 Å². The van der Waals surface area contributed by atoms with Crippen LogP contribution in [0.15, 0.2) is 47.3 Å². The van der Waals surface area contributed by atoms with Crippen LogP contribution in [0.4, 0.5) is 4.39 Å². The van der Waals surface area contributed by atoms with Crippen molar-refractivity contribution in [2.45, 2.75) is 25.7 Å². The van der Waals surface area contributed by atoms with Crippen molar-refractivity contribution in [2.24, 2.45) is 11.8 Å². The molecule has 0 radical (unpaired) electrons. The first-order chi connectivity index (χ1) is 16.4. The Labute approximate surface area is 200 Å². The van der Waals surface area contributed by atoms with E-state index in [-0.39, 0.29) is 28.2 Å². The van der Waals surface area contributed by atoms with Crippen molar-refractivity contribution in [3.05, 3.63) is 69.0 Å². The maximum atomic E-state index is 14.3. The fourth-order valence-corrected chi connectivity index (χ4v) is 4.76. The molecule has 2 aromatic carbocycles. The summed E-state index contributed by atoms with van der Waals surface area (Å²) in [5.74, 6) is -0.344. The molecule has 1 saturated carbocycles. The maximum Gasteiger partial charge on any atom is 0.266 e. The second-order valence-corrected chi connectivity index (χ2v) is 9.45. The molecule has 0 spiro atoms. The first-order valence-corrected chi connectivity index (χ1v) is 11.9. The number of piperidine rings is 1. The average molecular weight is 481 g/mol. The molecule has 34 heavy (non-hydrogen) atoms. The normalized spacial score (nSPS) is 18.1. The van der Waals surface area contributed by atoms with Crippen LogP contribution in [0.2, 0.25) is 0 Å². The summed E-state index contributed by atoms with van der Waals surface area (Å²) >= 11 is 5.34. The summed E-state index contributed by atoms with van der Waals surface area (Å²) in [6, 6.07) is 10.7. The lowest BCUT2D eigenvalue weighted by molar-refractivity contribution is -0.126. The van der Waals surface area contributed by atoms with Gasteiger partial charge in [0.05, 0.1) is 22.5 Å². The molecule has 1 atom stereocenters. The summed E-state index contributed by atoms with van der Waals surface area (Å²) < 4.78 is 15.4. The quantitative estimate of drug-likeness (QED) is 0.547. The molecule has 1 aliphatic carbocycles. The number of hydrogen-bond donors (Lipinski definition) is 2. The number of nitrogens with one attached hydrogen (secondary N) is 2. The monoisotopic (exact) mass is 480 g/mol. The van der Waals surface area contributed by atoms with E-state index in [0.29, 0.717) is 35.5 Å². The van der Waals surface area contributed by atoms with Crippen LogP contribution in [0.25, 0.3) is 16.6 Å². The third-order valence-electron chi connectivity index (χ3n) is 6.58. The van der Waals surface area contributed by atoms with Crippen LogP contribution in [-0.2, 0) is 4.79 Å². The number of hydrogen-bond acceptors (Lipinski definition) is 4. The van der Waals surface area contributed by atoms with Crippen molar-refractivity contribution in [2.75, 3.05) is 19.6 Å². The number of fused-ring (bicyclic) bond motifs is 1. The Bertz CT molecular complexity index is 1390. The number of amides is 2. The minimum atomic E-state index is -0.559. The molecule has 7 nitrogen and oxygen atoms in total. The smallest absolute Gasteiger partial charge is 0.266 e. The van der Waals surface area contributed by atoms with E-state index in [1.165, 1.54) is 31.0 Å². The molecule has 9 heteroatoms. The van der Waals surface area contributed by atoms with Gasteiger partial charge in [0, 0.05) is 25.2 Å². The Morgan fingerprint density at radius 1 is 1.15 bits per heavy atom. The number of H-pyrrole nitrogens is 1.